The predicted molar refractivity (Wildman–Crippen MR) is 105 cm³/mol. The lowest BCUT2D eigenvalue weighted by Gasteiger charge is -2.31. The van der Waals surface area contributed by atoms with Gasteiger partial charge in [0, 0.05) is 18.7 Å². The minimum absolute atomic E-state index is 0.0743. The van der Waals surface area contributed by atoms with E-state index < -0.39 is 0 Å². The zero-order valence-electron chi connectivity index (χ0n) is 15.3. The maximum Gasteiger partial charge on any atom is 0.253 e. The number of nitrogens with two attached hydrogens (primary N) is 1. The average Bonchev–Trinajstić information content (AvgIpc) is 2.67. The minimum Gasteiger partial charge on any atom is -0.492 e. The van der Waals surface area contributed by atoms with E-state index in [1.165, 1.54) is 12.8 Å². The van der Waals surface area contributed by atoms with Crippen LogP contribution in [0.3, 0.4) is 0 Å². The maximum atomic E-state index is 12.8. The van der Waals surface area contributed by atoms with E-state index in [-0.39, 0.29) is 17.7 Å². The van der Waals surface area contributed by atoms with Gasteiger partial charge in [0.1, 0.15) is 5.75 Å². The van der Waals surface area contributed by atoms with E-state index in [4.69, 9.17) is 10.6 Å². The number of benzene rings is 1. The van der Waals surface area contributed by atoms with Crippen molar-refractivity contribution in [2.75, 3.05) is 19.7 Å². The van der Waals surface area contributed by atoms with Gasteiger partial charge in [-0.25, -0.2) is 5.84 Å². The van der Waals surface area contributed by atoms with Gasteiger partial charge >= 0.3 is 0 Å². The van der Waals surface area contributed by atoms with Crippen molar-refractivity contribution in [1.29, 1.82) is 0 Å². The third kappa shape index (κ3) is 5.71. The first-order valence-corrected chi connectivity index (χ1v) is 10.1. The number of piperidine rings is 1. The molecule has 1 unspecified atom stereocenters. The van der Waals surface area contributed by atoms with Gasteiger partial charge in [-0.1, -0.05) is 26.2 Å². The Kier molecular flexibility index (Phi) is 8.38. The molecule has 1 aromatic rings. The summed E-state index contributed by atoms with van der Waals surface area (Å²) in [6, 6.07) is 5.39. The Labute approximate surface area is 163 Å². The van der Waals surface area contributed by atoms with Crippen LogP contribution in [-0.2, 0) is 4.79 Å². The molecule has 7 heteroatoms. The summed E-state index contributed by atoms with van der Waals surface area (Å²) in [5.41, 5.74) is 2.77. The summed E-state index contributed by atoms with van der Waals surface area (Å²) < 4.78 is 6.56. The van der Waals surface area contributed by atoms with E-state index in [9.17, 15) is 9.59 Å². The van der Waals surface area contributed by atoms with Gasteiger partial charge in [0.15, 0.2) is 0 Å². The third-order valence-electron chi connectivity index (χ3n) is 4.66. The molecule has 6 nitrogen and oxygen atoms in total. The number of hydrogen-bond donors (Lipinski definition) is 2. The number of amides is 2. The van der Waals surface area contributed by atoms with Crippen LogP contribution in [-0.4, -0.2) is 36.4 Å². The molecule has 0 bridgehead atoms. The molecule has 1 aliphatic rings. The van der Waals surface area contributed by atoms with Crippen LogP contribution >= 0.6 is 15.9 Å². The van der Waals surface area contributed by atoms with Crippen molar-refractivity contribution in [2.24, 2.45) is 11.8 Å². The molecule has 0 aromatic heterocycles. The van der Waals surface area contributed by atoms with Gasteiger partial charge in [-0.2, -0.15) is 0 Å². The van der Waals surface area contributed by atoms with Gasteiger partial charge in [0.2, 0.25) is 5.91 Å². The van der Waals surface area contributed by atoms with Crippen molar-refractivity contribution in [3.05, 3.63) is 28.2 Å². The molecule has 1 fully saturated rings. The number of carbonyl (C=O) groups excluding carboxylic acids is 2. The standard InChI is InChI=1S/C19H28BrN3O3/c1-2-3-4-5-11-26-17-9-8-14(12-16(17)20)19(25)23-10-6-7-15(13-23)18(24)22-21/h8-9,12,15H,2-7,10-11,13,21H2,1H3,(H,22,24). The maximum absolute atomic E-state index is 12.8. The van der Waals surface area contributed by atoms with Crippen molar-refractivity contribution in [1.82, 2.24) is 10.3 Å². The average molecular weight is 426 g/mol. The predicted octanol–water partition coefficient (Wildman–Crippen LogP) is 3.25. The molecule has 2 amide bonds. The number of nitrogens with zero attached hydrogens (tertiary/aromatic N) is 1. The van der Waals surface area contributed by atoms with Crippen LogP contribution in [0.1, 0.15) is 55.8 Å². The van der Waals surface area contributed by atoms with E-state index in [2.05, 4.69) is 28.3 Å². The SMILES string of the molecule is CCCCCCOc1ccc(C(=O)N2CCCC(C(=O)NN)C2)cc1Br. The van der Waals surface area contributed by atoms with Gasteiger partial charge < -0.3 is 9.64 Å². The largest absolute Gasteiger partial charge is 0.492 e. The summed E-state index contributed by atoms with van der Waals surface area (Å²) in [5.74, 6) is 5.43. The third-order valence-corrected chi connectivity index (χ3v) is 5.28. The van der Waals surface area contributed by atoms with E-state index in [1.54, 1.807) is 17.0 Å². The summed E-state index contributed by atoms with van der Waals surface area (Å²) in [4.78, 5) is 26.2. The number of nitrogens with one attached hydrogen (secondary N) is 1. The summed E-state index contributed by atoms with van der Waals surface area (Å²) in [6.45, 7) is 3.91. The molecule has 0 radical (unpaired) electrons. The van der Waals surface area contributed by atoms with Crippen LogP contribution in [0.15, 0.2) is 22.7 Å². The molecular formula is C19H28BrN3O3. The molecule has 144 valence electrons. The number of hydrazine groups is 1. The van der Waals surface area contributed by atoms with Crippen LogP contribution in [0.25, 0.3) is 0 Å². The highest BCUT2D eigenvalue weighted by molar-refractivity contribution is 9.10. The summed E-state index contributed by atoms with van der Waals surface area (Å²) in [5, 5.41) is 0. The lowest BCUT2D eigenvalue weighted by Crippen LogP contribution is -2.47. The lowest BCUT2D eigenvalue weighted by molar-refractivity contribution is -0.126. The van der Waals surface area contributed by atoms with Crippen molar-refractivity contribution < 1.29 is 14.3 Å². The highest BCUT2D eigenvalue weighted by atomic mass is 79.9. The molecule has 0 saturated carbocycles. The molecule has 1 aromatic carbocycles. The van der Waals surface area contributed by atoms with Crippen molar-refractivity contribution in [2.45, 2.75) is 45.4 Å². The van der Waals surface area contributed by atoms with E-state index in [0.717, 1.165) is 35.9 Å². The first kappa shape index (κ1) is 20.7. The zero-order chi connectivity index (χ0) is 18.9. The quantitative estimate of drug-likeness (QED) is 0.289. The molecule has 2 rings (SSSR count). The molecule has 0 spiro atoms. The first-order valence-electron chi connectivity index (χ1n) is 9.29. The molecule has 26 heavy (non-hydrogen) atoms. The monoisotopic (exact) mass is 425 g/mol. The summed E-state index contributed by atoms with van der Waals surface area (Å²) >= 11 is 3.49. The van der Waals surface area contributed by atoms with Crippen LogP contribution in [0.4, 0.5) is 0 Å². The van der Waals surface area contributed by atoms with Crippen molar-refractivity contribution >= 4 is 27.7 Å². The molecule has 1 heterocycles. The second-order valence-corrected chi connectivity index (χ2v) is 7.51. The number of likely N-dealkylation sites (tertiary alicyclic amines) is 1. The Morgan fingerprint density at radius 2 is 2.15 bits per heavy atom. The number of hydrogen-bond acceptors (Lipinski definition) is 4. The van der Waals surface area contributed by atoms with Crippen LogP contribution in [0.2, 0.25) is 0 Å². The Hall–Kier alpha value is -1.60. The normalized spacial score (nSPS) is 17.0. The Balaban J connectivity index is 1.94. The topological polar surface area (TPSA) is 84.7 Å². The van der Waals surface area contributed by atoms with Gasteiger partial charge in [0.25, 0.3) is 5.91 Å². The fourth-order valence-corrected chi connectivity index (χ4v) is 3.63. The van der Waals surface area contributed by atoms with Crippen LogP contribution < -0.4 is 16.0 Å². The Morgan fingerprint density at radius 3 is 2.85 bits per heavy atom. The number of rotatable bonds is 8. The zero-order valence-corrected chi connectivity index (χ0v) is 16.9. The highest BCUT2D eigenvalue weighted by Gasteiger charge is 2.28. The first-order chi connectivity index (χ1) is 12.6. The van der Waals surface area contributed by atoms with Crippen molar-refractivity contribution in [3.63, 3.8) is 0 Å². The Morgan fingerprint density at radius 1 is 1.35 bits per heavy atom. The fourth-order valence-electron chi connectivity index (χ4n) is 3.14. The number of halogens is 1. The molecule has 1 saturated heterocycles. The molecule has 3 N–H and O–H groups in total. The summed E-state index contributed by atoms with van der Waals surface area (Å²) in [6.07, 6.45) is 6.16. The smallest absolute Gasteiger partial charge is 0.253 e. The Bertz CT molecular complexity index is 624. The second-order valence-electron chi connectivity index (χ2n) is 6.65. The minimum atomic E-state index is -0.244. The molecule has 0 aliphatic carbocycles. The highest BCUT2D eigenvalue weighted by Crippen LogP contribution is 2.28. The van der Waals surface area contributed by atoms with Crippen LogP contribution in [0.5, 0.6) is 5.75 Å². The lowest BCUT2D eigenvalue weighted by atomic mass is 9.97. The second kappa shape index (κ2) is 10.5. The number of ether oxygens (including phenoxy) is 1. The molecule has 1 aliphatic heterocycles. The van der Waals surface area contributed by atoms with Crippen molar-refractivity contribution in [3.8, 4) is 5.75 Å². The van der Waals surface area contributed by atoms with E-state index >= 15 is 0 Å². The van der Waals surface area contributed by atoms with Gasteiger partial charge in [0.05, 0.1) is 17.0 Å². The van der Waals surface area contributed by atoms with E-state index in [1.807, 2.05) is 6.07 Å². The number of carbonyl (C=O) groups is 2. The summed E-state index contributed by atoms with van der Waals surface area (Å²) in [7, 11) is 0. The molecular weight excluding hydrogens is 398 g/mol. The van der Waals surface area contributed by atoms with Gasteiger partial charge in [-0.05, 0) is 53.4 Å². The van der Waals surface area contributed by atoms with E-state index in [0.29, 0.717) is 25.3 Å². The van der Waals surface area contributed by atoms with Crippen LogP contribution in [0, 0.1) is 5.92 Å². The van der Waals surface area contributed by atoms with Gasteiger partial charge in [-0.15, -0.1) is 0 Å². The molecule has 1 atom stereocenters. The number of unbranched alkanes of at least 4 members (excludes halogenated alkanes) is 3. The van der Waals surface area contributed by atoms with Gasteiger partial charge in [-0.3, -0.25) is 15.0 Å². The fraction of sp³-hybridized carbons (Fsp3) is 0.579.